The minimum absolute atomic E-state index is 0.00441. The van der Waals surface area contributed by atoms with E-state index in [1.165, 1.54) is 6.07 Å². The van der Waals surface area contributed by atoms with E-state index in [9.17, 15) is 34.5 Å². The summed E-state index contributed by atoms with van der Waals surface area (Å²) in [6, 6.07) is 6.74. The van der Waals surface area contributed by atoms with Crippen LogP contribution in [0.15, 0.2) is 42.5 Å². The van der Waals surface area contributed by atoms with Crippen molar-refractivity contribution in [2.24, 2.45) is 22.9 Å². The summed E-state index contributed by atoms with van der Waals surface area (Å²) in [6.45, 7) is -0.466. The normalized spacial score (nSPS) is 20.6. The second-order valence-electron chi connectivity index (χ2n) is 11.5. The first-order valence-corrected chi connectivity index (χ1v) is 15.3. The Balaban J connectivity index is 1.93. The van der Waals surface area contributed by atoms with E-state index in [0.717, 1.165) is 11.1 Å². The molecule has 15 heteroatoms. The van der Waals surface area contributed by atoms with Gasteiger partial charge in [-0.25, -0.2) is 0 Å². The van der Waals surface area contributed by atoms with Crippen LogP contribution in [0.2, 0.25) is 0 Å². The fourth-order valence-electron chi connectivity index (χ4n) is 5.02. The van der Waals surface area contributed by atoms with Crippen LogP contribution < -0.4 is 44.2 Å². The highest BCUT2D eigenvalue weighted by Gasteiger charge is 2.31. The highest BCUT2D eigenvalue weighted by molar-refractivity contribution is 5.93. The zero-order chi connectivity index (χ0) is 33.8. The van der Waals surface area contributed by atoms with Gasteiger partial charge in [-0.2, -0.15) is 0 Å². The highest BCUT2D eigenvalue weighted by Crippen LogP contribution is 2.28. The number of aliphatic hydroxyl groups is 2. The van der Waals surface area contributed by atoms with Crippen LogP contribution in [-0.2, 0) is 32.0 Å². The summed E-state index contributed by atoms with van der Waals surface area (Å²) >= 11 is 0. The number of hydrogen-bond donors (Lipinski definition) is 11. The van der Waals surface area contributed by atoms with E-state index in [0.29, 0.717) is 30.5 Å². The number of nitrogens with one attached hydrogen (secondary N) is 4. The van der Waals surface area contributed by atoms with Crippen molar-refractivity contribution < 1.29 is 34.5 Å². The second-order valence-corrected chi connectivity index (χ2v) is 11.5. The van der Waals surface area contributed by atoms with E-state index < -0.39 is 66.5 Å². The monoisotopic (exact) mass is 642 g/mol. The Morgan fingerprint density at radius 1 is 1.02 bits per heavy atom. The van der Waals surface area contributed by atoms with Gasteiger partial charge in [0, 0.05) is 32.4 Å². The Bertz CT molecular complexity index is 1360. The van der Waals surface area contributed by atoms with Crippen LogP contribution >= 0.6 is 0 Å². The maximum Gasteiger partial charge on any atom is 0.243 e. The van der Waals surface area contributed by atoms with E-state index >= 15 is 0 Å². The molecule has 46 heavy (non-hydrogen) atoms. The van der Waals surface area contributed by atoms with Crippen molar-refractivity contribution in [2.75, 3.05) is 26.2 Å². The zero-order valence-corrected chi connectivity index (χ0v) is 25.7. The largest absolute Gasteiger partial charge is 0.508 e. The van der Waals surface area contributed by atoms with Gasteiger partial charge in [0.2, 0.25) is 23.6 Å². The third kappa shape index (κ3) is 10.5. The standard InChI is InChI=1S/C31H46N8O7/c32-8-2-5-23(34)28(43)36-15-21(16-40)37-30(45)25-10-17-3-1-4-18(9-17)19-6-7-27(42)20(11-19)12-24(35)29(44)38-26(31(46)39-25)13-22(41)14-33/h1,3-4,6-7,9,11,21-26,40-42H,2,5,8,10,12-16,32-35H2,(H,36,43)(H,37,45)(H,38,44)(H,39,46)/t21-,22-,23+,24+,25+,26+/m1/s1. The van der Waals surface area contributed by atoms with Gasteiger partial charge in [-0.3, -0.25) is 19.2 Å². The summed E-state index contributed by atoms with van der Waals surface area (Å²) < 4.78 is 0. The molecular weight excluding hydrogens is 596 g/mol. The van der Waals surface area contributed by atoms with Gasteiger partial charge in [-0.05, 0) is 53.8 Å². The maximum absolute atomic E-state index is 13.6. The Labute approximate surface area is 267 Å². The smallest absolute Gasteiger partial charge is 0.243 e. The van der Waals surface area contributed by atoms with E-state index in [1.54, 1.807) is 24.3 Å². The van der Waals surface area contributed by atoms with Gasteiger partial charge in [0.1, 0.15) is 17.8 Å². The summed E-state index contributed by atoms with van der Waals surface area (Å²) in [4.78, 5) is 52.6. The average Bonchev–Trinajstić information content (AvgIpc) is 3.04. The topological polar surface area (TPSA) is 281 Å². The minimum Gasteiger partial charge on any atom is -0.508 e. The lowest BCUT2D eigenvalue weighted by Crippen LogP contribution is -2.59. The predicted octanol–water partition coefficient (Wildman–Crippen LogP) is -3.18. The molecule has 0 unspecified atom stereocenters. The number of hydrogen-bond acceptors (Lipinski definition) is 11. The number of phenolic OH excluding ortho intramolecular Hbond substituents is 1. The van der Waals surface area contributed by atoms with Gasteiger partial charge < -0.3 is 59.5 Å². The van der Waals surface area contributed by atoms with Crippen LogP contribution in [0, 0.1) is 0 Å². The van der Waals surface area contributed by atoms with Gasteiger partial charge in [0.05, 0.1) is 30.8 Å². The molecule has 4 bridgehead atoms. The molecule has 2 aromatic carbocycles. The first kappa shape index (κ1) is 36.3. The zero-order valence-electron chi connectivity index (χ0n) is 25.7. The van der Waals surface area contributed by atoms with E-state index in [-0.39, 0.29) is 38.1 Å². The molecule has 0 fully saturated rings. The third-order valence-electron chi connectivity index (χ3n) is 7.75. The van der Waals surface area contributed by atoms with Crippen molar-refractivity contribution in [3.8, 4) is 16.9 Å². The molecular formula is C31H46N8O7. The Morgan fingerprint density at radius 3 is 2.46 bits per heavy atom. The molecule has 252 valence electrons. The fourth-order valence-corrected chi connectivity index (χ4v) is 5.02. The number of aliphatic hydroxyl groups excluding tert-OH is 2. The summed E-state index contributed by atoms with van der Waals surface area (Å²) in [6.07, 6.45) is -0.524. The van der Waals surface area contributed by atoms with Crippen molar-refractivity contribution in [1.29, 1.82) is 0 Å². The van der Waals surface area contributed by atoms with E-state index in [4.69, 9.17) is 22.9 Å². The molecule has 1 heterocycles. The first-order chi connectivity index (χ1) is 21.9. The molecule has 0 saturated carbocycles. The molecule has 6 atom stereocenters. The number of fused-ring (bicyclic) bond motifs is 5. The van der Waals surface area contributed by atoms with Gasteiger partial charge in [-0.1, -0.05) is 30.3 Å². The molecule has 1 aliphatic heterocycles. The first-order valence-electron chi connectivity index (χ1n) is 15.3. The van der Waals surface area contributed by atoms with Crippen molar-refractivity contribution in [2.45, 2.75) is 68.4 Å². The van der Waals surface area contributed by atoms with Crippen LogP contribution in [0.5, 0.6) is 5.75 Å². The number of carbonyl (C=O) groups is 4. The molecule has 0 radical (unpaired) electrons. The molecule has 0 spiro atoms. The second kappa shape index (κ2) is 17.5. The highest BCUT2D eigenvalue weighted by atomic mass is 16.3. The van der Waals surface area contributed by atoms with Gasteiger partial charge in [0.15, 0.2) is 0 Å². The van der Waals surface area contributed by atoms with Gasteiger partial charge in [0.25, 0.3) is 0 Å². The summed E-state index contributed by atoms with van der Waals surface area (Å²) in [5.74, 6) is -2.68. The number of aromatic hydroxyl groups is 1. The van der Waals surface area contributed by atoms with Crippen LogP contribution in [0.4, 0.5) is 0 Å². The van der Waals surface area contributed by atoms with Gasteiger partial charge >= 0.3 is 0 Å². The third-order valence-corrected chi connectivity index (χ3v) is 7.75. The molecule has 3 rings (SSSR count). The van der Waals surface area contributed by atoms with Crippen LogP contribution in [0.25, 0.3) is 11.1 Å². The number of rotatable bonds is 12. The Morgan fingerprint density at radius 2 is 1.76 bits per heavy atom. The van der Waals surface area contributed by atoms with Crippen LogP contribution in [0.1, 0.15) is 30.4 Å². The SMILES string of the molecule is NCCC[C@H](N)C(=O)NC[C@H](CO)NC(=O)[C@@H]1Cc2cccc(c2)-c2ccc(O)c(c2)C[C@H](N)C(=O)N[C@@H](C[C@@H](O)CN)C(=O)N1. The lowest BCUT2D eigenvalue weighted by atomic mass is 9.96. The van der Waals surface area contributed by atoms with Crippen molar-refractivity contribution in [1.82, 2.24) is 21.3 Å². The molecule has 0 aliphatic carbocycles. The van der Waals surface area contributed by atoms with Gasteiger partial charge in [-0.15, -0.1) is 0 Å². The number of phenols is 1. The minimum atomic E-state index is -1.31. The number of carbonyl (C=O) groups excluding carboxylic acids is 4. The molecule has 15 N–H and O–H groups in total. The fraction of sp³-hybridized carbons (Fsp3) is 0.484. The Hall–Kier alpha value is -4.12. The molecule has 0 aromatic heterocycles. The molecule has 15 nitrogen and oxygen atoms in total. The van der Waals surface area contributed by atoms with Crippen molar-refractivity contribution in [3.63, 3.8) is 0 Å². The summed E-state index contributed by atoms with van der Waals surface area (Å²) in [7, 11) is 0. The quantitative estimate of drug-likeness (QED) is 0.110. The van der Waals surface area contributed by atoms with E-state index in [2.05, 4.69) is 21.3 Å². The predicted molar refractivity (Wildman–Crippen MR) is 171 cm³/mol. The molecule has 2 aromatic rings. The van der Waals surface area contributed by atoms with E-state index in [1.807, 2.05) is 12.1 Å². The molecule has 1 aliphatic rings. The van der Waals surface area contributed by atoms with Crippen LogP contribution in [0.3, 0.4) is 0 Å². The van der Waals surface area contributed by atoms with Crippen LogP contribution in [-0.4, -0.2) is 102 Å². The Kier molecular flexibility index (Phi) is 13.9. The van der Waals surface area contributed by atoms with Crippen molar-refractivity contribution in [3.05, 3.63) is 53.6 Å². The van der Waals surface area contributed by atoms with Crippen molar-refractivity contribution >= 4 is 23.6 Å². The summed E-state index contributed by atoms with van der Waals surface area (Å²) in [5.41, 5.74) is 25.7. The maximum atomic E-state index is 13.6. The number of benzene rings is 2. The number of nitrogens with two attached hydrogens (primary N) is 4. The summed E-state index contributed by atoms with van der Waals surface area (Å²) in [5, 5.41) is 41.1. The molecule has 4 amide bonds. The number of amides is 4. The molecule has 0 saturated heterocycles. The average molecular weight is 643 g/mol. The lowest BCUT2D eigenvalue weighted by molar-refractivity contribution is -0.133. The lowest BCUT2D eigenvalue weighted by Gasteiger charge is -2.27.